The average Bonchev–Trinajstić information content (AvgIpc) is 3.01. The second-order valence-corrected chi connectivity index (χ2v) is 8.71. The Morgan fingerprint density at radius 1 is 0.600 bits per heavy atom. The lowest BCUT2D eigenvalue weighted by Crippen LogP contribution is -2.14. The van der Waals surface area contributed by atoms with E-state index in [0.29, 0.717) is 0 Å². The molecule has 4 aromatic rings. The van der Waals surface area contributed by atoms with Crippen LogP contribution in [0, 0.1) is 6.92 Å². The van der Waals surface area contributed by atoms with Crippen LogP contribution in [-0.2, 0) is 5.41 Å². The average molecular weight is 391 g/mol. The number of ether oxygens (including phenoxy) is 1. The Hall–Kier alpha value is -3.32. The summed E-state index contributed by atoms with van der Waals surface area (Å²) in [5, 5.41) is 0. The second-order valence-electron chi connectivity index (χ2n) is 8.71. The van der Waals surface area contributed by atoms with Gasteiger partial charge in [-0.3, -0.25) is 0 Å². The Bertz CT molecular complexity index is 1250. The first-order valence-corrected chi connectivity index (χ1v) is 10.5. The van der Waals surface area contributed by atoms with E-state index in [0.717, 1.165) is 11.3 Å². The van der Waals surface area contributed by atoms with E-state index in [1.807, 2.05) is 6.07 Å². The molecule has 1 nitrogen and oxygen atoms in total. The predicted molar refractivity (Wildman–Crippen MR) is 126 cm³/mol. The fourth-order valence-electron chi connectivity index (χ4n) is 4.77. The Morgan fingerprint density at radius 3 is 2.03 bits per heavy atom. The normalized spacial score (nSPS) is 13.6. The third-order valence-electron chi connectivity index (χ3n) is 6.47. The smallest absolute Gasteiger partial charge is 0.126 e. The third-order valence-corrected chi connectivity index (χ3v) is 6.47. The molecular formula is C29H26O. The van der Waals surface area contributed by atoms with Crippen LogP contribution in [0.15, 0.2) is 84.9 Å². The van der Waals surface area contributed by atoms with E-state index in [4.69, 9.17) is 4.74 Å². The fraction of sp³-hybridized carbons (Fsp3) is 0.172. The molecule has 0 heterocycles. The van der Waals surface area contributed by atoms with Crippen LogP contribution >= 0.6 is 0 Å². The maximum absolute atomic E-state index is 5.57. The Balaban J connectivity index is 1.54. The zero-order chi connectivity index (χ0) is 20.9. The molecule has 0 saturated carbocycles. The van der Waals surface area contributed by atoms with Gasteiger partial charge in [0.15, 0.2) is 0 Å². The van der Waals surface area contributed by atoms with E-state index in [2.05, 4.69) is 99.6 Å². The molecule has 0 amide bonds. The molecule has 0 aliphatic heterocycles. The number of benzene rings is 4. The van der Waals surface area contributed by atoms with Gasteiger partial charge in [-0.25, -0.2) is 0 Å². The minimum absolute atomic E-state index is 0.0246. The van der Waals surface area contributed by atoms with Crippen LogP contribution in [0.25, 0.3) is 33.4 Å². The van der Waals surface area contributed by atoms with Gasteiger partial charge in [0.1, 0.15) is 5.75 Å². The van der Waals surface area contributed by atoms with Gasteiger partial charge in [0.2, 0.25) is 0 Å². The maximum atomic E-state index is 5.57. The van der Waals surface area contributed by atoms with E-state index in [1.54, 1.807) is 7.11 Å². The first kappa shape index (κ1) is 18.7. The van der Waals surface area contributed by atoms with Crippen LogP contribution in [0.4, 0.5) is 0 Å². The van der Waals surface area contributed by atoms with Gasteiger partial charge in [0, 0.05) is 11.0 Å². The first-order valence-electron chi connectivity index (χ1n) is 10.5. The van der Waals surface area contributed by atoms with Crippen molar-refractivity contribution in [2.24, 2.45) is 0 Å². The molecule has 148 valence electrons. The van der Waals surface area contributed by atoms with E-state index in [9.17, 15) is 0 Å². The Labute approximate surface area is 179 Å². The minimum Gasteiger partial charge on any atom is -0.496 e. The van der Waals surface area contributed by atoms with Crippen molar-refractivity contribution < 1.29 is 4.74 Å². The van der Waals surface area contributed by atoms with Crippen molar-refractivity contribution in [2.45, 2.75) is 26.2 Å². The van der Waals surface area contributed by atoms with Gasteiger partial charge >= 0.3 is 0 Å². The minimum atomic E-state index is 0.0246. The Kier molecular flexibility index (Phi) is 4.29. The summed E-state index contributed by atoms with van der Waals surface area (Å²) in [6, 6.07) is 30.8. The molecule has 5 rings (SSSR count). The molecule has 0 atom stereocenters. The standard InChI is InChI=1S/C29H26O/c1-19-9-16-28(30-4)25(17-19)21-12-10-20(11-13-21)22-14-15-24-23-7-5-6-8-26(23)29(2,3)27(24)18-22/h5-18H,1-4H3. The highest BCUT2D eigenvalue weighted by atomic mass is 16.5. The molecule has 1 aliphatic rings. The number of hydrogen-bond donors (Lipinski definition) is 0. The zero-order valence-electron chi connectivity index (χ0n) is 18.0. The molecule has 0 bridgehead atoms. The topological polar surface area (TPSA) is 9.23 Å². The van der Waals surface area contributed by atoms with Crippen molar-refractivity contribution >= 4 is 0 Å². The summed E-state index contributed by atoms with van der Waals surface area (Å²) < 4.78 is 5.57. The van der Waals surface area contributed by atoms with Crippen molar-refractivity contribution in [3.05, 3.63) is 102 Å². The van der Waals surface area contributed by atoms with E-state index >= 15 is 0 Å². The summed E-state index contributed by atoms with van der Waals surface area (Å²) in [6.45, 7) is 6.77. The summed E-state index contributed by atoms with van der Waals surface area (Å²) in [7, 11) is 1.73. The van der Waals surface area contributed by atoms with Crippen molar-refractivity contribution in [3.8, 4) is 39.1 Å². The SMILES string of the molecule is COc1ccc(C)cc1-c1ccc(-c2ccc3c(c2)C(C)(C)c2ccccc2-3)cc1. The summed E-state index contributed by atoms with van der Waals surface area (Å²) in [6.07, 6.45) is 0. The van der Waals surface area contributed by atoms with Crippen LogP contribution < -0.4 is 4.74 Å². The van der Waals surface area contributed by atoms with Gasteiger partial charge in [-0.2, -0.15) is 0 Å². The van der Waals surface area contributed by atoms with E-state index < -0.39 is 0 Å². The van der Waals surface area contributed by atoms with Gasteiger partial charge in [0.05, 0.1) is 7.11 Å². The predicted octanol–water partition coefficient (Wildman–Crippen LogP) is 7.64. The monoisotopic (exact) mass is 390 g/mol. The summed E-state index contributed by atoms with van der Waals surface area (Å²) in [5.74, 6) is 0.908. The molecule has 0 N–H and O–H groups in total. The van der Waals surface area contributed by atoms with E-state index in [1.165, 1.54) is 44.5 Å². The third kappa shape index (κ3) is 2.85. The van der Waals surface area contributed by atoms with Crippen LogP contribution in [0.2, 0.25) is 0 Å². The van der Waals surface area contributed by atoms with Gasteiger partial charge in [0.25, 0.3) is 0 Å². The molecule has 1 aliphatic carbocycles. The van der Waals surface area contributed by atoms with Gasteiger partial charge < -0.3 is 4.74 Å². The van der Waals surface area contributed by atoms with E-state index in [-0.39, 0.29) is 5.41 Å². The second kappa shape index (κ2) is 6.88. The number of hydrogen-bond acceptors (Lipinski definition) is 1. The fourth-order valence-corrected chi connectivity index (χ4v) is 4.77. The highest BCUT2D eigenvalue weighted by Crippen LogP contribution is 2.49. The van der Waals surface area contributed by atoms with Crippen molar-refractivity contribution in [3.63, 3.8) is 0 Å². The van der Waals surface area contributed by atoms with Gasteiger partial charge in [-0.1, -0.05) is 86.1 Å². The van der Waals surface area contributed by atoms with Crippen LogP contribution in [0.5, 0.6) is 5.75 Å². The highest BCUT2D eigenvalue weighted by Gasteiger charge is 2.35. The molecule has 0 saturated heterocycles. The Morgan fingerprint density at radius 2 is 1.27 bits per heavy atom. The van der Waals surface area contributed by atoms with Crippen LogP contribution in [-0.4, -0.2) is 7.11 Å². The molecule has 0 spiro atoms. The highest BCUT2D eigenvalue weighted by molar-refractivity contribution is 5.84. The summed E-state index contributed by atoms with van der Waals surface area (Å²) in [5.41, 5.74) is 11.6. The largest absolute Gasteiger partial charge is 0.496 e. The molecule has 4 aromatic carbocycles. The molecule has 0 aromatic heterocycles. The first-order chi connectivity index (χ1) is 14.5. The number of rotatable bonds is 3. The lowest BCUT2D eigenvalue weighted by molar-refractivity contribution is 0.416. The van der Waals surface area contributed by atoms with Crippen LogP contribution in [0.3, 0.4) is 0 Å². The molecular weight excluding hydrogens is 364 g/mol. The van der Waals surface area contributed by atoms with Crippen molar-refractivity contribution in [1.29, 1.82) is 0 Å². The molecule has 30 heavy (non-hydrogen) atoms. The number of aryl methyl sites for hydroxylation is 1. The summed E-state index contributed by atoms with van der Waals surface area (Å²) in [4.78, 5) is 0. The van der Waals surface area contributed by atoms with Crippen molar-refractivity contribution in [2.75, 3.05) is 7.11 Å². The molecule has 0 unspecified atom stereocenters. The van der Waals surface area contributed by atoms with Gasteiger partial charge in [-0.15, -0.1) is 0 Å². The molecule has 0 fully saturated rings. The lowest BCUT2D eigenvalue weighted by atomic mass is 9.81. The lowest BCUT2D eigenvalue weighted by Gasteiger charge is -2.22. The van der Waals surface area contributed by atoms with Gasteiger partial charge in [-0.05, 0) is 64.1 Å². The van der Waals surface area contributed by atoms with Crippen LogP contribution in [0.1, 0.15) is 30.5 Å². The van der Waals surface area contributed by atoms with Crippen molar-refractivity contribution in [1.82, 2.24) is 0 Å². The molecule has 0 radical (unpaired) electrons. The quantitative estimate of drug-likeness (QED) is 0.349. The molecule has 1 heteroatoms. The summed E-state index contributed by atoms with van der Waals surface area (Å²) >= 11 is 0. The number of methoxy groups -OCH3 is 1. The number of fused-ring (bicyclic) bond motifs is 3. The zero-order valence-corrected chi connectivity index (χ0v) is 18.0. The maximum Gasteiger partial charge on any atom is 0.126 e.